The summed E-state index contributed by atoms with van der Waals surface area (Å²) >= 11 is 0. The fourth-order valence-electron chi connectivity index (χ4n) is 5.63. The van der Waals surface area contributed by atoms with Crippen molar-refractivity contribution in [2.45, 2.75) is 92.2 Å². The molecular formula is C38H50N4. The zero-order valence-electron chi connectivity index (χ0n) is 26.3. The fourth-order valence-corrected chi connectivity index (χ4v) is 5.63. The summed E-state index contributed by atoms with van der Waals surface area (Å²) in [5.74, 6) is 1.46. The van der Waals surface area contributed by atoms with Crippen LogP contribution in [0.15, 0.2) is 73.3 Å². The lowest BCUT2D eigenvalue weighted by molar-refractivity contribution is 0.390. The Balaban J connectivity index is 1.45. The SMILES string of the molecule is CCCCC(CC)Cn1cccc1/C=C/c1ccnc(-c2cc(/C=C/c3cccn3CC(CC)CCCC)ccn2)c1. The first-order valence-electron chi connectivity index (χ1n) is 16.2. The van der Waals surface area contributed by atoms with E-state index in [0.29, 0.717) is 0 Å². The summed E-state index contributed by atoms with van der Waals surface area (Å²) < 4.78 is 4.79. The average molecular weight is 563 g/mol. The zero-order chi connectivity index (χ0) is 29.6. The summed E-state index contributed by atoms with van der Waals surface area (Å²) in [6.07, 6.45) is 27.2. The van der Waals surface area contributed by atoms with Crippen LogP contribution >= 0.6 is 0 Å². The minimum absolute atomic E-state index is 0.729. The van der Waals surface area contributed by atoms with Gasteiger partial charge < -0.3 is 9.13 Å². The molecule has 0 aliphatic rings. The van der Waals surface area contributed by atoms with Gasteiger partial charge in [-0.05, 0) is 96.5 Å². The molecule has 0 N–H and O–H groups in total. The van der Waals surface area contributed by atoms with Gasteiger partial charge in [-0.2, -0.15) is 0 Å². The number of aromatic nitrogens is 4. The van der Waals surface area contributed by atoms with Gasteiger partial charge in [0.05, 0.1) is 11.4 Å². The molecule has 0 radical (unpaired) electrons. The van der Waals surface area contributed by atoms with Gasteiger partial charge in [-0.15, -0.1) is 0 Å². The minimum atomic E-state index is 0.729. The minimum Gasteiger partial charge on any atom is -0.348 e. The third kappa shape index (κ3) is 9.17. The van der Waals surface area contributed by atoms with Gasteiger partial charge in [0.25, 0.3) is 0 Å². The van der Waals surface area contributed by atoms with Crippen LogP contribution in [-0.2, 0) is 13.1 Å². The molecule has 0 spiro atoms. The molecule has 0 saturated carbocycles. The zero-order valence-corrected chi connectivity index (χ0v) is 26.3. The van der Waals surface area contributed by atoms with E-state index in [0.717, 1.165) is 47.4 Å². The van der Waals surface area contributed by atoms with E-state index in [1.54, 1.807) is 0 Å². The molecule has 0 aliphatic carbocycles. The van der Waals surface area contributed by atoms with Gasteiger partial charge in [0, 0.05) is 49.3 Å². The summed E-state index contributed by atoms with van der Waals surface area (Å²) in [6.45, 7) is 11.3. The number of unbranched alkanes of at least 4 members (excludes halogenated alkanes) is 2. The third-order valence-electron chi connectivity index (χ3n) is 8.45. The molecule has 0 saturated heterocycles. The van der Waals surface area contributed by atoms with E-state index in [2.05, 4.69) is 132 Å². The van der Waals surface area contributed by atoms with E-state index in [4.69, 9.17) is 0 Å². The lowest BCUT2D eigenvalue weighted by Crippen LogP contribution is -2.10. The number of nitrogens with zero attached hydrogens (tertiary/aromatic N) is 4. The van der Waals surface area contributed by atoms with Gasteiger partial charge in [-0.1, -0.05) is 78.4 Å². The van der Waals surface area contributed by atoms with Crippen LogP contribution in [-0.4, -0.2) is 19.1 Å². The molecule has 2 atom stereocenters. The van der Waals surface area contributed by atoms with Crippen molar-refractivity contribution >= 4 is 24.3 Å². The van der Waals surface area contributed by atoms with Crippen molar-refractivity contribution in [3.05, 3.63) is 95.8 Å². The second-order valence-corrected chi connectivity index (χ2v) is 11.6. The number of hydrogen-bond acceptors (Lipinski definition) is 2. The summed E-state index contributed by atoms with van der Waals surface area (Å²) in [5.41, 5.74) is 6.51. The Hall–Kier alpha value is -3.66. The highest BCUT2D eigenvalue weighted by molar-refractivity contribution is 5.73. The largest absolute Gasteiger partial charge is 0.348 e. The molecule has 222 valence electrons. The fraction of sp³-hybridized carbons (Fsp3) is 0.421. The maximum atomic E-state index is 4.65. The van der Waals surface area contributed by atoms with Crippen LogP contribution in [0.4, 0.5) is 0 Å². The molecule has 4 heterocycles. The van der Waals surface area contributed by atoms with Crippen LogP contribution in [0.5, 0.6) is 0 Å². The van der Waals surface area contributed by atoms with E-state index in [-0.39, 0.29) is 0 Å². The van der Waals surface area contributed by atoms with Crippen LogP contribution in [0.2, 0.25) is 0 Å². The highest BCUT2D eigenvalue weighted by atomic mass is 15.0. The van der Waals surface area contributed by atoms with Crippen molar-refractivity contribution in [1.29, 1.82) is 0 Å². The number of pyridine rings is 2. The van der Waals surface area contributed by atoms with Crippen molar-refractivity contribution in [3.8, 4) is 11.4 Å². The molecule has 0 fully saturated rings. The molecule has 4 aromatic heterocycles. The monoisotopic (exact) mass is 562 g/mol. The van der Waals surface area contributed by atoms with Crippen LogP contribution in [0.3, 0.4) is 0 Å². The normalized spacial score (nSPS) is 13.3. The smallest absolute Gasteiger partial charge is 0.0892 e. The van der Waals surface area contributed by atoms with Crippen LogP contribution in [0.1, 0.15) is 102 Å². The highest BCUT2D eigenvalue weighted by Crippen LogP contribution is 2.22. The average Bonchev–Trinajstić information content (AvgIpc) is 3.68. The predicted molar refractivity (Wildman–Crippen MR) is 181 cm³/mol. The second kappa shape index (κ2) is 16.7. The van der Waals surface area contributed by atoms with Crippen molar-refractivity contribution in [2.24, 2.45) is 11.8 Å². The first-order valence-corrected chi connectivity index (χ1v) is 16.2. The lowest BCUT2D eigenvalue weighted by atomic mass is 9.99. The van der Waals surface area contributed by atoms with Crippen LogP contribution in [0, 0.1) is 11.8 Å². The predicted octanol–water partition coefficient (Wildman–Crippen LogP) is 10.5. The van der Waals surface area contributed by atoms with Crippen LogP contribution in [0.25, 0.3) is 35.7 Å². The van der Waals surface area contributed by atoms with Crippen molar-refractivity contribution < 1.29 is 0 Å². The summed E-state index contributed by atoms with van der Waals surface area (Å²) in [4.78, 5) is 9.31. The van der Waals surface area contributed by atoms with E-state index in [9.17, 15) is 0 Å². The number of rotatable bonds is 17. The van der Waals surface area contributed by atoms with Crippen molar-refractivity contribution in [2.75, 3.05) is 0 Å². The van der Waals surface area contributed by atoms with Gasteiger partial charge in [0.15, 0.2) is 0 Å². The van der Waals surface area contributed by atoms with E-state index in [1.807, 2.05) is 12.4 Å². The number of hydrogen-bond donors (Lipinski definition) is 0. The van der Waals surface area contributed by atoms with Gasteiger partial charge in [-0.25, -0.2) is 0 Å². The molecule has 4 heteroatoms. The molecule has 4 aromatic rings. The van der Waals surface area contributed by atoms with Gasteiger partial charge in [-0.3, -0.25) is 9.97 Å². The third-order valence-corrected chi connectivity index (χ3v) is 8.45. The highest BCUT2D eigenvalue weighted by Gasteiger charge is 2.10. The van der Waals surface area contributed by atoms with E-state index in [1.165, 1.54) is 62.8 Å². The lowest BCUT2D eigenvalue weighted by Gasteiger charge is -2.16. The van der Waals surface area contributed by atoms with Crippen LogP contribution < -0.4 is 0 Å². The van der Waals surface area contributed by atoms with E-state index >= 15 is 0 Å². The first kappa shape index (κ1) is 31.3. The Morgan fingerprint density at radius 2 is 1.07 bits per heavy atom. The summed E-state index contributed by atoms with van der Waals surface area (Å²) in [7, 11) is 0. The molecule has 4 nitrogen and oxygen atoms in total. The molecule has 42 heavy (non-hydrogen) atoms. The Labute approximate surface area is 254 Å². The molecular weight excluding hydrogens is 512 g/mol. The van der Waals surface area contributed by atoms with Gasteiger partial charge >= 0.3 is 0 Å². The van der Waals surface area contributed by atoms with Gasteiger partial charge in [0.1, 0.15) is 0 Å². The standard InChI is InChI=1S/C38H50N4/c1-5-9-13-31(7-3)29-41-25-11-15-35(41)19-17-33-21-23-39-37(27-33)38-28-34(22-24-40-38)18-20-36-16-12-26-42(36)30-32(8-4)14-10-6-2/h11-12,15-28,31-32H,5-10,13-14,29-30H2,1-4H3/b19-17+,20-18+. The maximum absolute atomic E-state index is 4.65. The van der Waals surface area contributed by atoms with Crippen molar-refractivity contribution in [1.82, 2.24) is 19.1 Å². The maximum Gasteiger partial charge on any atom is 0.0892 e. The molecule has 0 aromatic carbocycles. The summed E-state index contributed by atoms with van der Waals surface area (Å²) in [6, 6.07) is 17.1. The molecule has 0 amide bonds. The van der Waals surface area contributed by atoms with E-state index < -0.39 is 0 Å². The van der Waals surface area contributed by atoms with Crippen molar-refractivity contribution in [3.63, 3.8) is 0 Å². The summed E-state index contributed by atoms with van der Waals surface area (Å²) in [5, 5.41) is 0. The molecule has 4 rings (SSSR count). The Morgan fingerprint density at radius 1 is 0.619 bits per heavy atom. The second-order valence-electron chi connectivity index (χ2n) is 11.6. The Bertz CT molecular complexity index is 1300. The molecule has 0 aliphatic heterocycles. The topological polar surface area (TPSA) is 35.6 Å². The first-order chi connectivity index (χ1) is 20.6. The quantitative estimate of drug-likeness (QED) is 0.128. The molecule has 2 unspecified atom stereocenters. The molecule has 0 bridgehead atoms. The Morgan fingerprint density at radius 3 is 1.48 bits per heavy atom. The Kier molecular flexibility index (Phi) is 12.4. The van der Waals surface area contributed by atoms with Gasteiger partial charge in [0.2, 0.25) is 0 Å².